The van der Waals surface area contributed by atoms with E-state index >= 15 is 0 Å². The molecule has 1 heterocycles. The predicted octanol–water partition coefficient (Wildman–Crippen LogP) is 3.30. The van der Waals surface area contributed by atoms with Gasteiger partial charge in [-0.3, -0.25) is 0 Å². The Morgan fingerprint density at radius 2 is 2.00 bits per heavy atom. The van der Waals surface area contributed by atoms with Gasteiger partial charge in [0.05, 0.1) is 6.61 Å². The van der Waals surface area contributed by atoms with Gasteiger partial charge in [0.15, 0.2) is 0 Å². The third-order valence-electron chi connectivity index (χ3n) is 3.48. The van der Waals surface area contributed by atoms with E-state index in [0.717, 1.165) is 25.7 Å². The molecule has 1 rings (SSSR count). The molecule has 0 radical (unpaired) electrons. The van der Waals surface area contributed by atoms with E-state index in [2.05, 4.69) is 34.7 Å². The summed E-state index contributed by atoms with van der Waals surface area (Å²) in [7, 11) is 0. The summed E-state index contributed by atoms with van der Waals surface area (Å²) in [6, 6.07) is 0. The van der Waals surface area contributed by atoms with Crippen LogP contribution in [0.1, 0.15) is 39.5 Å². The molecule has 0 amide bonds. The molecule has 96 valence electrons. The maximum absolute atomic E-state index is 5.60. The Kier molecular flexibility index (Phi) is 7.67. The first-order valence-corrected chi connectivity index (χ1v) is 7.59. The summed E-state index contributed by atoms with van der Waals surface area (Å²) in [5.41, 5.74) is 0. The Hall–Kier alpha value is 0.400. The highest BCUT2D eigenvalue weighted by molar-refractivity contribution is 9.09. The second-order valence-corrected chi connectivity index (χ2v) is 6.27. The van der Waals surface area contributed by atoms with Gasteiger partial charge in [0, 0.05) is 18.0 Å². The minimum Gasteiger partial charge on any atom is -0.380 e. The number of alkyl halides is 1. The van der Waals surface area contributed by atoms with Crippen molar-refractivity contribution in [3.8, 4) is 0 Å². The summed E-state index contributed by atoms with van der Waals surface area (Å²) in [5.74, 6) is 0.872. The lowest BCUT2D eigenvalue weighted by atomic mass is 9.94. The lowest BCUT2D eigenvalue weighted by Crippen LogP contribution is -2.37. The van der Waals surface area contributed by atoms with Crippen molar-refractivity contribution in [2.45, 2.75) is 44.4 Å². The summed E-state index contributed by atoms with van der Waals surface area (Å²) in [4.78, 5) is 3.22. The first kappa shape index (κ1) is 14.5. The van der Waals surface area contributed by atoms with Crippen LogP contribution in [0.2, 0.25) is 0 Å². The average molecular weight is 292 g/mol. The molecule has 1 aliphatic heterocycles. The van der Waals surface area contributed by atoms with Gasteiger partial charge in [-0.15, -0.1) is 0 Å². The molecule has 0 N–H and O–H groups in total. The van der Waals surface area contributed by atoms with Crippen LogP contribution in [0.4, 0.5) is 0 Å². The lowest BCUT2D eigenvalue weighted by Gasteiger charge is -2.33. The van der Waals surface area contributed by atoms with E-state index in [1.807, 2.05) is 0 Å². The summed E-state index contributed by atoms with van der Waals surface area (Å²) in [6.45, 7) is 9.94. The van der Waals surface area contributed by atoms with Crippen LogP contribution in [0.3, 0.4) is 0 Å². The van der Waals surface area contributed by atoms with Gasteiger partial charge in [-0.1, -0.05) is 36.2 Å². The number of likely N-dealkylation sites (tertiary alicyclic amines) is 1. The third-order valence-corrected chi connectivity index (χ3v) is 4.22. The monoisotopic (exact) mass is 291 g/mol. The zero-order chi connectivity index (χ0) is 11.8. The molecule has 1 aliphatic rings. The van der Waals surface area contributed by atoms with Crippen LogP contribution >= 0.6 is 15.9 Å². The minimum atomic E-state index is 0.676. The van der Waals surface area contributed by atoms with Crippen LogP contribution in [0.5, 0.6) is 0 Å². The van der Waals surface area contributed by atoms with Gasteiger partial charge in [0.2, 0.25) is 0 Å². The number of halogens is 1. The van der Waals surface area contributed by atoms with E-state index in [0.29, 0.717) is 4.83 Å². The van der Waals surface area contributed by atoms with E-state index in [1.54, 1.807) is 0 Å². The van der Waals surface area contributed by atoms with Crippen LogP contribution in [0.15, 0.2) is 0 Å². The molecule has 0 aromatic rings. The molecule has 3 heteroatoms. The number of unbranched alkanes of at least 4 members (excludes halogenated alkanes) is 1. The van der Waals surface area contributed by atoms with Crippen molar-refractivity contribution in [1.82, 2.24) is 4.90 Å². The van der Waals surface area contributed by atoms with Gasteiger partial charge in [-0.2, -0.15) is 0 Å². The lowest BCUT2D eigenvalue weighted by molar-refractivity contribution is 0.0871. The maximum Gasteiger partial charge on any atom is 0.0593 e. The highest BCUT2D eigenvalue weighted by Crippen LogP contribution is 2.24. The SMILES string of the molecule is CCCCOCCN1CCC(C(C)Br)CC1. The van der Waals surface area contributed by atoms with Crippen molar-refractivity contribution in [2.75, 3.05) is 32.8 Å². The first-order chi connectivity index (χ1) is 7.74. The predicted molar refractivity (Wildman–Crippen MR) is 73.3 cm³/mol. The number of rotatable bonds is 7. The largest absolute Gasteiger partial charge is 0.380 e. The summed E-state index contributed by atoms with van der Waals surface area (Å²) < 4.78 is 5.60. The van der Waals surface area contributed by atoms with E-state index < -0.39 is 0 Å². The molecule has 1 unspecified atom stereocenters. The molecule has 0 spiro atoms. The van der Waals surface area contributed by atoms with E-state index in [-0.39, 0.29) is 0 Å². The molecule has 2 nitrogen and oxygen atoms in total. The molecular weight excluding hydrogens is 266 g/mol. The summed E-state index contributed by atoms with van der Waals surface area (Å²) in [6.07, 6.45) is 5.10. The molecule has 1 atom stereocenters. The summed E-state index contributed by atoms with van der Waals surface area (Å²) >= 11 is 3.69. The van der Waals surface area contributed by atoms with Crippen LogP contribution < -0.4 is 0 Å². The third kappa shape index (κ3) is 5.65. The Balaban J connectivity index is 1.99. The molecule has 0 aromatic heterocycles. The minimum absolute atomic E-state index is 0.676. The van der Waals surface area contributed by atoms with E-state index in [4.69, 9.17) is 4.74 Å². The van der Waals surface area contributed by atoms with Crippen molar-refractivity contribution < 1.29 is 4.74 Å². The molecule has 0 saturated carbocycles. The fourth-order valence-corrected chi connectivity index (χ4v) is 2.71. The van der Waals surface area contributed by atoms with Gasteiger partial charge in [-0.05, 0) is 38.3 Å². The number of hydrogen-bond acceptors (Lipinski definition) is 2. The van der Waals surface area contributed by atoms with Gasteiger partial charge >= 0.3 is 0 Å². The van der Waals surface area contributed by atoms with Crippen LogP contribution in [0.25, 0.3) is 0 Å². The molecular formula is C13H26BrNO. The fraction of sp³-hybridized carbons (Fsp3) is 1.00. The second kappa shape index (κ2) is 8.48. The average Bonchev–Trinajstić information content (AvgIpc) is 2.29. The molecule has 0 aliphatic carbocycles. The topological polar surface area (TPSA) is 12.5 Å². The normalized spacial score (nSPS) is 21.2. The van der Waals surface area contributed by atoms with Gasteiger partial charge < -0.3 is 9.64 Å². The van der Waals surface area contributed by atoms with Gasteiger partial charge in [-0.25, -0.2) is 0 Å². The molecule has 16 heavy (non-hydrogen) atoms. The van der Waals surface area contributed by atoms with E-state index in [9.17, 15) is 0 Å². The second-order valence-electron chi connectivity index (χ2n) is 4.82. The Labute approximate surface area is 109 Å². The zero-order valence-electron chi connectivity index (χ0n) is 10.8. The van der Waals surface area contributed by atoms with Crippen LogP contribution in [-0.4, -0.2) is 42.6 Å². The van der Waals surface area contributed by atoms with Crippen molar-refractivity contribution in [3.63, 3.8) is 0 Å². The summed E-state index contributed by atoms with van der Waals surface area (Å²) in [5, 5.41) is 0. The van der Waals surface area contributed by atoms with Crippen molar-refractivity contribution >= 4 is 15.9 Å². The standard InChI is InChI=1S/C13H26BrNO/c1-3-4-10-16-11-9-15-7-5-13(6-8-15)12(2)14/h12-13H,3-11H2,1-2H3. The van der Waals surface area contributed by atoms with Crippen molar-refractivity contribution in [1.29, 1.82) is 0 Å². The van der Waals surface area contributed by atoms with Gasteiger partial charge in [0.25, 0.3) is 0 Å². The Morgan fingerprint density at radius 1 is 1.31 bits per heavy atom. The zero-order valence-corrected chi connectivity index (χ0v) is 12.3. The fourth-order valence-electron chi connectivity index (χ4n) is 2.18. The van der Waals surface area contributed by atoms with Gasteiger partial charge in [0.1, 0.15) is 0 Å². The molecule has 1 saturated heterocycles. The van der Waals surface area contributed by atoms with Crippen molar-refractivity contribution in [2.24, 2.45) is 5.92 Å². The Morgan fingerprint density at radius 3 is 2.56 bits per heavy atom. The molecule has 0 bridgehead atoms. The highest BCUT2D eigenvalue weighted by atomic mass is 79.9. The number of ether oxygens (including phenoxy) is 1. The highest BCUT2D eigenvalue weighted by Gasteiger charge is 2.21. The molecule has 1 fully saturated rings. The van der Waals surface area contributed by atoms with Crippen LogP contribution in [-0.2, 0) is 4.74 Å². The van der Waals surface area contributed by atoms with Crippen molar-refractivity contribution in [3.05, 3.63) is 0 Å². The van der Waals surface area contributed by atoms with Crippen LogP contribution in [0, 0.1) is 5.92 Å². The molecule has 0 aromatic carbocycles. The number of piperidine rings is 1. The number of hydrogen-bond donors (Lipinski definition) is 0. The first-order valence-electron chi connectivity index (χ1n) is 6.68. The smallest absolute Gasteiger partial charge is 0.0593 e. The maximum atomic E-state index is 5.60. The Bertz CT molecular complexity index is 167. The van der Waals surface area contributed by atoms with E-state index in [1.165, 1.54) is 38.8 Å². The quantitative estimate of drug-likeness (QED) is 0.527. The number of nitrogens with zero attached hydrogens (tertiary/aromatic N) is 1.